The molecule has 1 saturated heterocycles. The fourth-order valence-electron chi connectivity index (χ4n) is 2.03. The molecule has 15 heavy (non-hydrogen) atoms. The quantitative estimate of drug-likeness (QED) is 0.665. The molecular weight excluding hydrogens is 192 g/mol. The second-order valence-electron chi connectivity index (χ2n) is 4.24. The summed E-state index contributed by atoms with van der Waals surface area (Å²) in [6.45, 7) is 3.66. The van der Waals surface area contributed by atoms with Crippen LogP contribution in [0.3, 0.4) is 0 Å². The van der Waals surface area contributed by atoms with Gasteiger partial charge in [-0.05, 0) is 26.9 Å². The van der Waals surface area contributed by atoms with Gasteiger partial charge in [-0.25, -0.2) is 0 Å². The Morgan fingerprint density at radius 3 is 2.93 bits per heavy atom. The van der Waals surface area contributed by atoms with E-state index in [9.17, 15) is 0 Å². The number of methoxy groups -OCH3 is 1. The molecule has 2 unspecified atom stereocenters. The van der Waals surface area contributed by atoms with Crippen LogP contribution in [0, 0.1) is 0 Å². The third-order valence-electron chi connectivity index (χ3n) is 2.94. The lowest BCUT2D eigenvalue weighted by Gasteiger charge is -2.29. The summed E-state index contributed by atoms with van der Waals surface area (Å²) in [7, 11) is 5.87. The molecular formula is C11H24N2O2. The maximum atomic E-state index is 5.63. The van der Waals surface area contributed by atoms with E-state index in [-0.39, 0.29) is 0 Å². The standard InChI is InChI=1S/C11H24N2O2/c1-12-7-10(9-14-3)13(2)8-11-5-4-6-15-11/h10-12H,4-9H2,1-3H3. The minimum Gasteiger partial charge on any atom is -0.383 e. The van der Waals surface area contributed by atoms with E-state index in [0.29, 0.717) is 12.1 Å². The zero-order chi connectivity index (χ0) is 11.1. The minimum absolute atomic E-state index is 0.422. The van der Waals surface area contributed by atoms with Gasteiger partial charge in [0.2, 0.25) is 0 Å². The van der Waals surface area contributed by atoms with Gasteiger partial charge in [-0.3, -0.25) is 4.90 Å². The predicted octanol–water partition coefficient (Wildman–Crippen LogP) is 0.332. The molecule has 1 fully saturated rings. The summed E-state index contributed by atoms with van der Waals surface area (Å²) in [5.74, 6) is 0. The lowest BCUT2D eigenvalue weighted by molar-refractivity contribution is 0.0464. The Bertz CT molecular complexity index is 155. The van der Waals surface area contributed by atoms with Crippen molar-refractivity contribution in [3.05, 3.63) is 0 Å². The normalized spacial score (nSPS) is 23.6. The fourth-order valence-corrected chi connectivity index (χ4v) is 2.03. The molecule has 1 aliphatic heterocycles. The summed E-state index contributed by atoms with van der Waals surface area (Å²) in [5.41, 5.74) is 0. The monoisotopic (exact) mass is 216 g/mol. The SMILES string of the molecule is CNCC(COC)N(C)CC1CCCO1. The maximum absolute atomic E-state index is 5.63. The molecule has 0 aliphatic carbocycles. The van der Waals surface area contributed by atoms with Gasteiger partial charge < -0.3 is 14.8 Å². The average molecular weight is 216 g/mol. The molecule has 0 spiro atoms. The van der Waals surface area contributed by atoms with Gasteiger partial charge >= 0.3 is 0 Å². The molecule has 1 aliphatic rings. The Morgan fingerprint density at radius 1 is 1.60 bits per heavy atom. The summed E-state index contributed by atoms with van der Waals surface area (Å²) >= 11 is 0. The van der Waals surface area contributed by atoms with E-state index in [0.717, 1.165) is 26.3 Å². The van der Waals surface area contributed by atoms with E-state index < -0.39 is 0 Å². The Balaban J connectivity index is 2.29. The van der Waals surface area contributed by atoms with Gasteiger partial charge in [0, 0.05) is 32.8 Å². The molecule has 0 aromatic rings. The van der Waals surface area contributed by atoms with Crippen molar-refractivity contribution in [1.29, 1.82) is 0 Å². The minimum atomic E-state index is 0.422. The Morgan fingerprint density at radius 2 is 2.40 bits per heavy atom. The van der Waals surface area contributed by atoms with Crippen LogP contribution >= 0.6 is 0 Å². The van der Waals surface area contributed by atoms with Crippen molar-refractivity contribution in [2.24, 2.45) is 0 Å². The van der Waals surface area contributed by atoms with Crippen molar-refractivity contribution in [3.8, 4) is 0 Å². The molecule has 4 heteroatoms. The van der Waals surface area contributed by atoms with E-state index in [4.69, 9.17) is 9.47 Å². The van der Waals surface area contributed by atoms with Crippen molar-refractivity contribution in [1.82, 2.24) is 10.2 Å². The number of likely N-dealkylation sites (N-methyl/N-ethyl adjacent to an activating group) is 2. The van der Waals surface area contributed by atoms with Crippen molar-refractivity contribution >= 4 is 0 Å². The first-order chi connectivity index (χ1) is 7.27. The summed E-state index contributed by atoms with van der Waals surface area (Å²) < 4.78 is 10.8. The topological polar surface area (TPSA) is 33.7 Å². The highest BCUT2D eigenvalue weighted by Crippen LogP contribution is 2.13. The molecule has 0 amide bonds. The second-order valence-corrected chi connectivity index (χ2v) is 4.24. The van der Waals surface area contributed by atoms with Crippen molar-refractivity contribution < 1.29 is 9.47 Å². The van der Waals surface area contributed by atoms with Gasteiger partial charge in [-0.1, -0.05) is 0 Å². The summed E-state index contributed by atoms with van der Waals surface area (Å²) in [5, 5.41) is 3.20. The number of ether oxygens (including phenoxy) is 2. The van der Waals surface area contributed by atoms with Gasteiger partial charge in [0.1, 0.15) is 0 Å². The van der Waals surface area contributed by atoms with Crippen LogP contribution in [-0.2, 0) is 9.47 Å². The molecule has 2 atom stereocenters. The van der Waals surface area contributed by atoms with Crippen molar-refractivity contribution in [2.45, 2.75) is 25.0 Å². The highest BCUT2D eigenvalue weighted by molar-refractivity contribution is 4.75. The van der Waals surface area contributed by atoms with Crippen molar-refractivity contribution in [3.63, 3.8) is 0 Å². The van der Waals surface area contributed by atoms with E-state index in [1.165, 1.54) is 12.8 Å². The summed E-state index contributed by atoms with van der Waals surface area (Å²) in [6.07, 6.45) is 2.83. The zero-order valence-electron chi connectivity index (χ0n) is 10.2. The van der Waals surface area contributed by atoms with E-state index in [2.05, 4.69) is 17.3 Å². The highest BCUT2D eigenvalue weighted by atomic mass is 16.5. The largest absolute Gasteiger partial charge is 0.383 e. The molecule has 1 rings (SSSR count). The zero-order valence-corrected chi connectivity index (χ0v) is 10.2. The lowest BCUT2D eigenvalue weighted by Crippen LogP contribution is -2.45. The second kappa shape index (κ2) is 7.17. The Hall–Kier alpha value is -0.160. The highest BCUT2D eigenvalue weighted by Gasteiger charge is 2.21. The Kier molecular flexibility index (Phi) is 6.17. The molecule has 0 bridgehead atoms. The smallest absolute Gasteiger partial charge is 0.0702 e. The first-order valence-corrected chi connectivity index (χ1v) is 5.73. The molecule has 90 valence electrons. The van der Waals surface area contributed by atoms with Crippen LogP contribution in [0.4, 0.5) is 0 Å². The summed E-state index contributed by atoms with van der Waals surface area (Å²) in [6, 6.07) is 0.434. The third kappa shape index (κ3) is 4.47. The molecule has 1 heterocycles. The Labute approximate surface area is 92.9 Å². The lowest BCUT2D eigenvalue weighted by atomic mass is 10.2. The fraction of sp³-hybridized carbons (Fsp3) is 1.00. The molecule has 0 saturated carbocycles. The molecule has 1 N–H and O–H groups in total. The number of nitrogens with one attached hydrogen (secondary N) is 1. The first-order valence-electron chi connectivity index (χ1n) is 5.73. The van der Waals surface area contributed by atoms with Crippen LogP contribution in [-0.4, -0.2) is 64.6 Å². The third-order valence-corrected chi connectivity index (χ3v) is 2.94. The number of rotatable bonds is 7. The van der Waals surface area contributed by atoms with Crippen LogP contribution in [0.1, 0.15) is 12.8 Å². The predicted molar refractivity (Wildman–Crippen MR) is 61.2 cm³/mol. The molecule has 4 nitrogen and oxygen atoms in total. The van der Waals surface area contributed by atoms with Crippen molar-refractivity contribution in [2.75, 3.05) is 47.5 Å². The van der Waals surface area contributed by atoms with Gasteiger partial charge in [0.15, 0.2) is 0 Å². The summed E-state index contributed by atoms with van der Waals surface area (Å²) in [4.78, 5) is 2.33. The average Bonchev–Trinajstić information content (AvgIpc) is 2.70. The van der Waals surface area contributed by atoms with Crippen LogP contribution in [0.15, 0.2) is 0 Å². The number of hydrogen-bond acceptors (Lipinski definition) is 4. The van der Waals surface area contributed by atoms with E-state index in [1.807, 2.05) is 7.05 Å². The molecule has 0 radical (unpaired) electrons. The van der Waals surface area contributed by atoms with Gasteiger partial charge in [-0.15, -0.1) is 0 Å². The van der Waals surface area contributed by atoms with Gasteiger partial charge in [0.05, 0.1) is 12.7 Å². The molecule has 0 aromatic carbocycles. The number of nitrogens with zero attached hydrogens (tertiary/aromatic N) is 1. The van der Waals surface area contributed by atoms with Crippen LogP contribution in [0.5, 0.6) is 0 Å². The van der Waals surface area contributed by atoms with Crippen LogP contribution in [0.25, 0.3) is 0 Å². The van der Waals surface area contributed by atoms with Crippen LogP contribution < -0.4 is 5.32 Å². The maximum Gasteiger partial charge on any atom is 0.0702 e. The number of hydrogen-bond donors (Lipinski definition) is 1. The van der Waals surface area contributed by atoms with Gasteiger partial charge in [-0.2, -0.15) is 0 Å². The van der Waals surface area contributed by atoms with Crippen LogP contribution in [0.2, 0.25) is 0 Å². The van der Waals surface area contributed by atoms with E-state index in [1.54, 1.807) is 7.11 Å². The molecule has 0 aromatic heterocycles. The first kappa shape index (κ1) is 12.9. The van der Waals surface area contributed by atoms with Gasteiger partial charge in [0.25, 0.3) is 0 Å². The van der Waals surface area contributed by atoms with E-state index >= 15 is 0 Å².